The molecule has 1 aliphatic heterocycles. The van der Waals surface area contributed by atoms with Gasteiger partial charge in [0.15, 0.2) is 0 Å². The lowest BCUT2D eigenvalue weighted by molar-refractivity contribution is -0.145. The fourth-order valence-electron chi connectivity index (χ4n) is 4.85. The minimum atomic E-state index is -0.605. The Bertz CT molecular complexity index is 1240. The summed E-state index contributed by atoms with van der Waals surface area (Å²) >= 11 is 0. The van der Waals surface area contributed by atoms with E-state index in [1.807, 2.05) is 61.5 Å². The summed E-state index contributed by atoms with van der Waals surface area (Å²) in [5.74, 6) is 0.0978. The number of carbonyl (C=O) groups is 1. The highest BCUT2D eigenvalue weighted by atomic mass is 16.5. The average Bonchev–Trinajstić information content (AvgIpc) is 3.44. The molecular weight excluding hydrogens is 420 g/mol. The van der Waals surface area contributed by atoms with Crippen LogP contribution >= 0.6 is 0 Å². The highest BCUT2D eigenvalue weighted by Gasteiger charge is 2.43. The first-order valence-corrected chi connectivity index (χ1v) is 11.8. The number of amides is 1. The minimum Gasteiger partial charge on any atom is -0.354 e. The quantitative estimate of drug-likeness (QED) is 0.367. The van der Waals surface area contributed by atoms with Crippen molar-refractivity contribution in [2.45, 2.75) is 38.5 Å². The van der Waals surface area contributed by atoms with Crippen LogP contribution in [0.2, 0.25) is 0 Å². The predicted molar refractivity (Wildman–Crippen MR) is 136 cm³/mol. The van der Waals surface area contributed by atoms with E-state index < -0.39 is 5.72 Å². The topological polar surface area (TPSA) is 34.5 Å². The zero-order valence-electron chi connectivity index (χ0n) is 19.7. The van der Waals surface area contributed by atoms with Gasteiger partial charge >= 0.3 is 0 Å². The molecule has 1 aromatic heterocycles. The molecule has 0 aliphatic carbocycles. The number of hydrogen-bond acceptors (Lipinski definition) is 2. The number of rotatable bonds is 6. The van der Waals surface area contributed by atoms with E-state index in [0.717, 1.165) is 17.7 Å². The van der Waals surface area contributed by atoms with Crippen molar-refractivity contribution in [2.24, 2.45) is 0 Å². The van der Waals surface area contributed by atoms with Crippen LogP contribution in [0.15, 0.2) is 103 Å². The number of nitrogens with zero attached hydrogens (tertiary/aromatic N) is 2. The van der Waals surface area contributed by atoms with E-state index >= 15 is 0 Å². The third kappa shape index (κ3) is 4.68. The molecular formula is C30H30N2O2. The van der Waals surface area contributed by atoms with Crippen molar-refractivity contribution in [1.29, 1.82) is 0 Å². The summed E-state index contributed by atoms with van der Waals surface area (Å²) in [6.45, 7) is 4.52. The van der Waals surface area contributed by atoms with Crippen molar-refractivity contribution < 1.29 is 9.53 Å². The SMILES string of the molecule is CC1(C)OC[C@H](Cc2ccccc2)N1C(=O)Cc1ccn(-c2ccc(-c3ccccc3)cc2)c1. The number of aromatic nitrogens is 1. The lowest BCUT2D eigenvalue weighted by Gasteiger charge is -2.34. The molecule has 172 valence electrons. The first-order chi connectivity index (χ1) is 16.5. The maximum atomic E-state index is 13.4. The zero-order chi connectivity index (χ0) is 23.5. The predicted octanol–water partition coefficient (Wildman–Crippen LogP) is 5.89. The molecule has 3 aromatic carbocycles. The van der Waals surface area contributed by atoms with Crippen LogP contribution in [0.25, 0.3) is 16.8 Å². The summed E-state index contributed by atoms with van der Waals surface area (Å²) in [6, 6.07) is 31.2. The Hall–Kier alpha value is -3.63. The van der Waals surface area contributed by atoms with E-state index in [2.05, 4.69) is 65.2 Å². The molecule has 1 atom stereocenters. The summed E-state index contributed by atoms with van der Waals surface area (Å²) in [5.41, 5.74) is 5.08. The molecule has 1 saturated heterocycles. The smallest absolute Gasteiger partial charge is 0.229 e. The van der Waals surface area contributed by atoms with Crippen molar-refractivity contribution in [3.8, 4) is 16.8 Å². The third-order valence-corrected chi connectivity index (χ3v) is 6.54. The fourth-order valence-corrected chi connectivity index (χ4v) is 4.85. The van der Waals surface area contributed by atoms with Crippen molar-refractivity contribution in [3.63, 3.8) is 0 Å². The maximum Gasteiger partial charge on any atom is 0.229 e. The Labute approximate surface area is 201 Å². The van der Waals surface area contributed by atoms with E-state index in [0.29, 0.717) is 13.0 Å². The van der Waals surface area contributed by atoms with Crippen molar-refractivity contribution >= 4 is 5.91 Å². The van der Waals surface area contributed by atoms with Crippen molar-refractivity contribution in [3.05, 3.63) is 115 Å². The third-order valence-electron chi connectivity index (χ3n) is 6.54. The Kier molecular flexibility index (Phi) is 6.08. The van der Waals surface area contributed by atoms with E-state index in [4.69, 9.17) is 4.74 Å². The van der Waals surface area contributed by atoms with Gasteiger partial charge in [-0.25, -0.2) is 0 Å². The number of ether oxygens (including phenoxy) is 1. The van der Waals surface area contributed by atoms with Crippen molar-refractivity contribution in [1.82, 2.24) is 9.47 Å². The molecule has 1 aliphatic rings. The summed E-state index contributed by atoms with van der Waals surface area (Å²) < 4.78 is 8.09. The summed E-state index contributed by atoms with van der Waals surface area (Å²) in [4.78, 5) is 15.4. The molecule has 0 spiro atoms. The monoisotopic (exact) mass is 450 g/mol. The van der Waals surface area contributed by atoms with Gasteiger partial charge in [-0.1, -0.05) is 72.8 Å². The van der Waals surface area contributed by atoms with Gasteiger partial charge in [-0.05, 0) is 60.7 Å². The number of hydrogen-bond donors (Lipinski definition) is 0. The van der Waals surface area contributed by atoms with E-state index in [1.165, 1.54) is 16.7 Å². The fraction of sp³-hybridized carbons (Fsp3) is 0.233. The molecule has 1 amide bonds. The molecule has 0 saturated carbocycles. The van der Waals surface area contributed by atoms with Gasteiger partial charge in [0.25, 0.3) is 0 Å². The van der Waals surface area contributed by atoms with E-state index in [9.17, 15) is 4.79 Å². The summed E-state index contributed by atoms with van der Waals surface area (Å²) in [6.07, 6.45) is 5.22. The zero-order valence-corrected chi connectivity index (χ0v) is 19.7. The van der Waals surface area contributed by atoms with Crippen molar-refractivity contribution in [2.75, 3.05) is 6.61 Å². The molecule has 5 rings (SSSR count). The Morgan fingerprint density at radius 3 is 2.21 bits per heavy atom. The maximum absolute atomic E-state index is 13.4. The van der Waals surface area contributed by atoms with Gasteiger partial charge in [-0.15, -0.1) is 0 Å². The van der Waals surface area contributed by atoms with Gasteiger partial charge in [0.1, 0.15) is 5.72 Å². The molecule has 2 heterocycles. The van der Waals surface area contributed by atoms with E-state index in [-0.39, 0.29) is 11.9 Å². The van der Waals surface area contributed by atoms with Gasteiger partial charge < -0.3 is 14.2 Å². The highest BCUT2D eigenvalue weighted by molar-refractivity contribution is 5.80. The highest BCUT2D eigenvalue weighted by Crippen LogP contribution is 2.30. The Morgan fingerprint density at radius 1 is 0.853 bits per heavy atom. The van der Waals surface area contributed by atoms with Crippen LogP contribution in [-0.2, 0) is 22.4 Å². The summed E-state index contributed by atoms with van der Waals surface area (Å²) in [5, 5.41) is 0. The van der Waals surface area contributed by atoms with Crippen LogP contribution in [0, 0.1) is 0 Å². The second-order valence-corrected chi connectivity index (χ2v) is 9.38. The van der Waals surface area contributed by atoms with Gasteiger partial charge in [0.05, 0.1) is 19.1 Å². The molecule has 4 nitrogen and oxygen atoms in total. The van der Waals surface area contributed by atoms with Crippen LogP contribution in [0.1, 0.15) is 25.0 Å². The van der Waals surface area contributed by atoms with Crippen LogP contribution < -0.4 is 0 Å². The first-order valence-electron chi connectivity index (χ1n) is 11.8. The van der Waals surface area contributed by atoms with Gasteiger partial charge in [-0.3, -0.25) is 4.79 Å². The lowest BCUT2D eigenvalue weighted by Crippen LogP contribution is -2.49. The standard InChI is InChI=1S/C30H30N2O2/c1-30(2)32(28(22-34-30)19-23-9-5-3-6-10-23)29(33)20-24-17-18-31(21-24)27-15-13-26(14-16-27)25-11-7-4-8-12-25/h3-18,21,28H,19-20,22H2,1-2H3/t28-/m0/s1. The molecule has 1 fully saturated rings. The van der Waals surface area contributed by atoms with Gasteiger partial charge in [0.2, 0.25) is 5.91 Å². The number of carbonyl (C=O) groups excluding carboxylic acids is 1. The van der Waals surface area contributed by atoms with Crippen LogP contribution in [-0.4, -0.2) is 33.7 Å². The molecule has 4 aromatic rings. The average molecular weight is 451 g/mol. The van der Waals surface area contributed by atoms with E-state index in [1.54, 1.807) is 0 Å². The Morgan fingerprint density at radius 2 is 1.50 bits per heavy atom. The van der Waals surface area contributed by atoms with Gasteiger partial charge in [0, 0.05) is 18.1 Å². The summed E-state index contributed by atoms with van der Waals surface area (Å²) in [7, 11) is 0. The molecule has 34 heavy (non-hydrogen) atoms. The molecule has 0 N–H and O–H groups in total. The van der Waals surface area contributed by atoms with Crippen LogP contribution in [0.5, 0.6) is 0 Å². The molecule has 0 unspecified atom stereocenters. The molecule has 4 heteroatoms. The van der Waals surface area contributed by atoms with Gasteiger partial charge in [-0.2, -0.15) is 0 Å². The molecule has 0 bridgehead atoms. The second kappa shape index (κ2) is 9.32. The molecule has 0 radical (unpaired) electrons. The normalized spacial score (nSPS) is 17.1. The number of benzene rings is 3. The van der Waals surface area contributed by atoms with Crippen LogP contribution in [0.4, 0.5) is 0 Å². The Balaban J connectivity index is 1.29. The first kappa shape index (κ1) is 22.2. The minimum absolute atomic E-state index is 0.0394. The van der Waals surface area contributed by atoms with Crippen LogP contribution in [0.3, 0.4) is 0 Å². The lowest BCUT2D eigenvalue weighted by atomic mass is 10.0. The largest absolute Gasteiger partial charge is 0.354 e. The second-order valence-electron chi connectivity index (χ2n) is 9.38.